The van der Waals surface area contributed by atoms with Crippen LogP contribution in [0.3, 0.4) is 0 Å². The molecular weight excluding hydrogens is 340 g/mol. The molecule has 0 saturated carbocycles. The van der Waals surface area contributed by atoms with Crippen molar-refractivity contribution in [3.05, 3.63) is 78.0 Å². The number of nitrogens with zero attached hydrogens (tertiary/aromatic N) is 2. The molecule has 0 saturated heterocycles. The summed E-state index contributed by atoms with van der Waals surface area (Å²) in [6.45, 7) is 14.9. The number of hydrogen-bond acceptors (Lipinski definition) is 2. The average Bonchev–Trinajstić information content (AvgIpc) is 2.70. The van der Waals surface area contributed by atoms with Gasteiger partial charge in [0.05, 0.1) is 5.71 Å². The van der Waals surface area contributed by atoms with Gasteiger partial charge in [0.25, 0.3) is 0 Å². The third-order valence-electron chi connectivity index (χ3n) is 5.30. The lowest BCUT2D eigenvalue weighted by molar-refractivity contribution is 0.322. The van der Waals surface area contributed by atoms with Crippen molar-refractivity contribution in [2.75, 3.05) is 20.1 Å². The van der Waals surface area contributed by atoms with E-state index in [9.17, 15) is 0 Å². The van der Waals surface area contributed by atoms with Crippen molar-refractivity contribution in [1.29, 1.82) is 0 Å². The molecule has 0 spiro atoms. The van der Waals surface area contributed by atoms with Gasteiger partial charge < -0.3 is 4.90 Å². The maximum absolute atomic E-state index is 5.04. The summed E-state index contributed by atoms with van der Waals surface area (Å²) < 4.78 is 0. The molecule has 2 nitrogen and oxygen atoms in total. The average molecular weight is 377 g/mol. The number of allylic oxidation sites excluding steroid dienone is 6. The Morgan fingerprint density at radius 1 is 1.14 bits per heavy atom. The van der Waals surface area contributed by atoms with E-state index in [0.717, 1.165) is 61.3 Å². The van der Waals surface area contributed by atoms with Crippen molar-refractivity contribution in [2.45, 2.75) is 52.4 Å². The van der Waals surface area contributed by atoms with Gasteiger partial charge in [-0.1, -0.05) is 56.5 Å². The molecule has 1 heterocycles. The molecule has 2 rings (SSSR count). The Morgan fingerprint density at radius 3 is 2.64 bits per heavy atom. The van der Waals surface area contributed by atoms with Crippen molar-refractivity contribution in [3.8, 4) is 0 Å². The first-order chi connectivity index (χ1) is 13.6. The Bertz CT molecular complexity index is 764. The van der Waals surface area contributed by atoms with E-state index in [1.165, 1.54) is 24.0 Å². The largest absolute Gasteiger partial charge is 0.306 e. The number of hydrogen-bond donors (Lipinski definition) is 0. The number of aliphatic imine (C=N–C) groups is 1. The normalized spacial score (nSPS) is 22.8. The summed E-state index contributed by atoms with van der Waals surface area (Å²) in [6, 6.07) is 8.87. The summed E-state index contributed by atoms with van der Waals surface area (Å²) in [5.41, 5.74) is 6.91. The van der Waals surface area contributed by atoms with Crippen LogP contribution < -0.4 is 0 Å². The molecule has 1 aromatic rings. The van der Waals surface area contributed by atoms with Crippen LogP contribution in [0.4, 0.5) is 0 Å². The SMILES string of the molecule is C=C/C1=C(CC)/N=C(/C=C\C)C(=C)CCCN(C)CCCCc2cccc1c2. The molecule has 0 amide bonds. The number of fused-ring (bicyclic) bond motifs is 2. The second kappa shape index (κ2) is 11.6. The minimum Gasteiger partial charge on any atom is -0.306 e. The number of rotatable bonds is 3. The highest BCUT2D eigenvalue weighted by Gasteiger charge is 2.10. The van der Waals surface area contributed by atoms with Crippen LogP contribution in [0.25, 0.3) is 5.57 Å². The van der Waals surface area contributed by atoms with Crippen molar-refractivity contribution in [1.82, 2.24) is 4.90 Å². The van der Waals surface area contributed by atoms with Crippen molar-refractivity contribution in [3.63, 3.8) is 0 Å². The first-order valence-electron chi connectivity index (χ1n) is 10.6. The molecule has 2 heteroatoms. The Kier molecular flexibility index (Phi) is 9.16. The quantitative estimate of drug-likeness (QED) is 0.579. The maximum atomic E-state index is 5.04. The Balaban J connectivity index is 2.52. The van der Waals surface area contributed by atoms with Crippen molar-refractivity contribution < 1.29 is 0 Å². The van der Waals surface area contributed by atoms with Gasteiger partial charge in [-0.15, -0.1) is 0 Å². The highest BCUT2D eigenvalue weighted by Crippen LogP contribution is 2.26. The van der Waals surface area contributed by atoms with E-state index in [1.807, 2.05) is 13.0 Å². The van der Waals surface area contributed by atoms with Crippen LogP contribution >= 0.6 is 0 Å². The fourth-order valence-corrected chi connectivity index (χ4v) is 3.68. The lowest BCUT2D eigenvalue weighted by Crippen LogP contribution is -2.21. The van der Waals surface area contributed by atoms with Crippen LogP contribution in [-0.2, 0) is 6.42 Å². The van der Waals surface area contributed by atoms with Crippen LogP contribution in [0.15, 0.2) is 71.9 Å². The highest BCUT2D eigenvalue weighted by molar-refractivity contribution is 6.08. The molecule has 0 fully saturated rings. The molecule has 0 aromatic heterocycles. The lowest BCUT2D eigenvalue weighted by atomic mass is 9.97. The molecule has 0 radical (unpaired) electrons. The summed E-state index contributed by atoms with van der Waals surface area (Å²) in [6.07, 6.45) is 12.6. The van der Waals surface area contributed by atoms with Gasteiger partial charge >= 0.3 is 0 Å². The first kappa shape index (κ1) is 22.1. The van der Waals surface area contributed by atoms with E-state index in [-0.39, 0.29) is 0 Å². The van der Waals surface area contributed by atoms with E-state index in [2.05, 4.69) is 68.4 Å². The smallest absolute Gasteiger partial charge is 0.0655 e. The Morgan fingerprint density at radius 2 is 1.93 bits per heavy atom. The molecule has 1 aliphatic rings. The molecule has 0 N–H and O–H groups in total. The molecule has 28 heavy (non-hydrogen) atoms. The van der Waals surface area contributed by atoms with Gasteiger partial charge in [-0.2, -0.15) is 0 Å². The monoisotopic (exact) mass is 376 g/mol. The third-order valence-corrected chi connectivity index (χ3v) is 5.30. The van der Waals surface area contributed by atoms with Gasteiger partial charge in [-0.25, -0.2) is 0 Å². The molecule has 0 unspecified atom stereocenters. The predicted octanol–water partition coefficient (Wildman–Crippen LogP) is 6.62. The summed E-state index contributed by atoms with van der Waals surface area (Å²) in [7, 11) is 2.22. The van der Waals surface area contributed by atoms with E-state index in [4.69, 9.17) is 4.99 Å². The standard InChI is InChI=1S/C26H36N2/c1-6-13-26-21(4)14-12-19-28(5)18-10-9-15-22-16-11-17-23(20-22)24(7-2)25(8-3)27-26/h6-7,11,13,16-17,20H,2,4,8-10,12,14-15,18-19H2,1,3,5H3/b13-6-,25-24-,27-26-. The summed E-state index contributed by atoms with van der Waals surface area (Å²) in [5, 5.41) is 0. The van der Waals surface area contributed by atoms with E-state index in [0.29, 0.717) is 0 Å². The van der Waals surface area contributed by atoms with Gasteiger partial charge in [0, 0.05) is 11.3 Å². The summed E-state index contributed by atoms with van der Waals surface area (Å²) in [5.74, 6) is 0. The lowest BCUT2D eigenvalue weighted by Gasteiger charge is -2.18. The number of aryl methyl sites for hydroxylation is 1. The Labute approximate surface area is 172 Å². The molecular formula is C26H36N2. The van der Waals surface area contributed by atoms with Crippen LogP contribution in [-0.4, -0.2) is 30.7 Å². The molecule has 1 aromatic carbocycles. The highest BCUT2D eigenvalue weighted by atomic mass is 15.1. The fourth-order valence-electron chi connectivity index (χ4n) is 3.68. The first-order valence-corrected chi connectivity index (χ1v) is 10.6. The van der Waals surface area contributed by atoms with E-state index < -0.39 is 0 Å². The summed E-state index contributed by atoms with van der Waals surface area (Å²) >= 11 is 0. The number of benzene rings is 1. The van der Waals surface area contributed by atoms with Gasteiger partial charge in [-0.05, 0) is 88.4 Å². The topological polar surface area (TPSA) is 15.6 Å². The second-order valence-corrected chi connectivity index (χ2v) is 7.58. The van der Waals surface area contributed by atoms with Gasteiger partial charge in [0.2, 0.25) is 0 Å². The van der Waals surface area contributed by atoms with Crippen LogP contribution in [0.2, 0.25) is 0 Å². The molecule has 1 aliphatic heterocycles. The minimum atomic E-state index is 0.864. The van der Waals surface area contributed by atoms with Gasteiger partial charge in [-0.3, -0.25) is 4.99 Å². The zero-order chi connectivity index (χ0) is 20.4. The Hall–Kier alpha value is -2.19. The van der Waals surface area contributed by atoms with E-state index in [1.54, 1.807) is 0 Å². The minimum absolute atomic E-state index is 0.864. The second-order valence-electron chi connectivity index (χ2n) is 7.58. The third kappa shape index (κ3) is 6.45. The van der Waals surface area contributed by atoms with Crippen LogP contribution in [0.1, 0.15) is 57.1 Å². The molecule has 150 valence electrons. The maximum Gasteiger partial charge on any atom is 0.0655 e. The van der Waals surface area contributed by atoms with Gasteiger partial charge in [0.1, 0.15) is 0 Å². The van der Waals surface area contributed by atoms with Crippen molar-refractivity contribution in [2.24, 2.45) is 4.99 Å². The summed E-state index contributed by atoms with van der Waals surface area (Å²) in [4.78, 5) is 7.48. The molecule has 0 aliphatic carbocycles. The zero-order valence-corrected chi connectivity index (χ0v) is 18.0. The van der Waals surface area contributed by atoms with Crippen molar-refractivity contribution >= 4 is 11.3 Å². The van der Waals surface area contributed by atoms with E-state index >= 15 is 0 Å². The van der Waals surface area contributed by atoms with Crippen LogP contribution in [0, 0.1) is 0 Å². The predicted molar refractivity (Wildman–Crippen MR) is 125 cm³/mol. The fraction of sp³-hybridized carbons (Fsp3) is 0.423. The van der Waals surface area contributed by atoms with Gasteiger partial charge in [0.15, 0.2) is 0 Å². The molecule has 0 atom stereocenters. The zero-order valence-electron chi connectivity index (χ0n) is 18.0. The van der Waals surface area contributed by atoms with Crippen LogP contribution in [0.5, 0.6) is 0 Å². The molecule has 2 bridgehead atoms.